The van der Waals surface area contributed by atoms with E-state index in [0.717, 1.165) is 28.4 Å². The van der Waals surface area contributed by atoms with E-state index >= 15 is 0 Å². The third kappa shape index (κ3) is 4.99. The molecular weight excluding hydrogens is 382 g/mol. The molecule has 7 heteroatoms. The van der Waals surface area contributed by atoms with E-state index in [1.54, 1.807) is 26.5 Å². The molecule has 1 amide bonds. The minimum Gasteiger partial charge on any atom is -0.497 e. The molecule has 3 rings (SSSR count). The smallest absolute Gasteiger partial charge is 0.253 e. The highest BCUT2D eigenvalue weighted by atomic mass is 16.5. The van der Waals surface area contributed by atoms with Gasteiger partial charge in [-0.05, 0) is 37.6 Å². The second kappa shape index (κ2) is 9.93. The monoisotopic (exact) mass is 409 g/mol. The molecule has 0 saturated carbocycles. The Hall–Kier alpha value is -3.32. The molecule has 0 aliphatic heterocycles. The zero-order valence-corrected chi connectivity index (χ0v) is 17.8. The summed E-state index contributed by atoms with van der Waals surface area (Å²) in [6.07, 6.45) is 1.70. The highest BCUT2D eigenvalue weighted by Crippen LogP contribution is 2.23. The fourth-order valence-electron chi connectivity index (χ4n) is 3.25. The number of nitrogens with one attached hydrogen (secondary N) is 1. The maximum Gasteiger partial charge on any atom is 0.253 e. The van der Waals surface area contributed by atoms with Gasteiger partial charge in [-0.15, -0.1) is 0 Å². The van der Waals surface area contributed by atoms with Crippen molar-refractivity contribution in [3.63, 3.8) is 0 Å². The van der Waals surface area contributed by atoms with Gasteiger partial charge in [-0.2, -0.15) is 0 Å². The fourth-order valence-corrected chi connectivity index (χ4v) is 3.25. The zero-order valence-electron chi connectivity index (χ0n) is 17.8. The van der Waals surface area contributed by atoms with E-state index in [1.165, 1.54) is 0 Å². The molecule has 0 aliphatic carbocycles. The Morgan fingerprint density at radius 2 is 1.93 bits per heavy atom. The molecule has 2 aromatic heterocycles. The molecule has 158 valence electrons. The van der Waals surface area contributed by atoms with Crippen LogP contribution in [0.25, 0.3) is 5.69 Å². The average Bonchev–Trinajstić information content (AvgIpc) is 3.07. The van der Waals surface area contributed by atoms with Crippen LogP contribution in [-0.4, -0.2) is 42.9 Å². The molecule has 0 spiro atoms. The molecule has 0 aliphatic rings. The van der Waals surface area contributed by atoms with Gasteiger partial charge in [-0.25, -0.2) is 4.98 Å². The summed E-state index contributed by atoms with van der Waals surface area (Å²) in [7, 11) is 3.26. The number of benzene rings is 1. The van der Waals surface area contributed by atoms with Crippen LogP contribution in [0.3, 0.4) is 0 Å². The van der Waals surface area contributed by atoms with Gasteiger partial charge in [-0.1, -0.05) is 12.1 Å². The topological polar surface area (TPSA) is 74.6 Å². The number of rotatable bonds is 9. The first-order valence-corrected chi connectivity index (χ1v) is 9.71. The van der Waals surface area contributed by atoms with Crippen molar-refractivity contribution in [3.8, 4) is 17.3 Å². The Kier molecular flexibility index (Phi) is 7.08. The average molecular weight is 409 g/mol. The Bertz CT molecular complexity index is 996. The van der Waals surface area contributed by atoms with Gasteiger partial charge in [0.25, 0.3) is 5.91 Å². The number of methoxy groups -OCH3 is 2. The molecule has 0 saturated heterocycles. The van der Waals surface area contributed by atoms with Crippen LogP contribution in [0.5, 0.6) is 11.6 Å². The summed E-state index contributed by atoms with van der Waals surface area (Å²) in [5.74, 6) is 1.18. The van der Waals surface area contributed by atoms with Crippen LogP contribution in [0.1, 0.15) is 27.3 Å². The number of carbonyl (C=O) groups is 1. The third-order valence-electron chi connectivity index (χ3n) is 4.78. The first-order chi connectivity index (χ1) is 14.5. The van der Waals surface area contributed by atoms with Crippen LogP contribution in [-0.2, 0) is 11.3 Å². The molecule has 1 N–H and O–H groups in total. The predicted octanol–water partition coefficient (Wildman–Crippen LogP) is 3.45. The molecule has 0 radical (unpaired) electrons. The zero-order chi connectivity index (χ0) is 21.5. The number of amides is 1. The van der Waals surface area contributed by atoms with Gasteiger partial charge >= 0.3 is 0 Å². The van der Waals surface area contributed by atoms with Gasteiger partial charge < -0.3 is 24.1 Å². The van der Waals surface area contributed by atoms with E-state index in [9.17, 15) is 4.79 Å². The number of pyridine rings is 1. The lowest BCUT2D eigenvalue weighted by atomic mass is 10.2. The molecule has 7 nitrogen and oxygen atoms in total. The first kappa shape index (κ1) is 21.4. The SMILES string of the molecule is COCCOc1ccc(CNC(=O)c2cc(C)n(-c3cccc(OC)c3)c2C)cn1. The second-order valence-corrected chi connectivity index (χ2v) is 6.85. The number of nitrogens with zero attached hydrogens (tertiary/aromatic N) is 2. The van der Waals surface area contributed by atoms with Crippen molar-refractivity contribution in [3.05, 3.63) is 71.2 Å². The number of carbonyl (C=O) groups excluding carboxylic acids is 1. The molecular formula is C23H27N3O4. The minimum atomic E-state index is -0.127. The van der Waals surface area contributed by atoms with Gasteiger partial charge in [0.05, 0.1) is 19.3 Å². The van der Waals surface area contributed by atoms with Crippen molar-refractivity contribution < 1.29 is 19.0 Å². The molecule has 2 heterocycles. The summed E-state index contributed by atoms with van der Waals surface area (Å²) < 4.78 is 17.8. The minimum absolute atomic E-state index is 0.127. The Morgan fingerprint density at radius 1 is 1.10 bits per heavy atom. The largest absolute Gasteiger partial charge is 0.497 e. The molecule has 0 atom stereocenters. The van der Waals surface area contributed by atoms with E-state index in [1.807, 2.05) is 54.8 Å². The molecule has 0 unspecified atom stereocenters. The Morgan fingerprint density at radius 3 is 2.63 bits per heavy atom. The van der Waals surface area contributed by atoms with E-state index in [2.05, 4.69) is 10.3 Å². The predicted molar refractivity (Wildman–Crippen MR) is 115 cm³/mol. The number of hydrogen-bond acceptors (Lipinski definition) is 5. The number of aromatic nitrogens is 2. The van der Waals surface area contributed by atoms with Crippen LogP contribution in [0.2, 0.25) is 0 Å². The van der Waals surface area contributed by atoms with E-state index in [4.69, 9.17) is 14.2 Å². The Labute approximate surface area is 176 Å². The molecule has 30 heavy (non-hydrogen) atoms. The van der Waals surface area contributed by atoms with Crippen molar-refractivity contribution in [2.24, 2.45) is 0 Å². The van der Waals surface area contributed by atoms with Crippen molar-refractivity contribution >= 4 is 5.91 Å². The van der Waals surface area contributed by atoms with Crippen molar-refractivity contribution in [1.29, 1.82) is 0 Å². The van der Waals surface area contributed by atoms with Gasteiger partial charge in [0.1, 0.15) is 12.4 Å². The normalized spacial score (nSPS) is 10.7. The van der Waals surface area contributed by atoms with E-state index in [-0.39, 0.29) is 5.91 Å². The summed E-state index contributed by atoms with van der Waals surface area (Å²) >= 11 is 0. The van der Waals surface area contributed by atoms with Crippen molar-refractivity contribution in [2.75, 3.05) is 27.4 Å². The van der Waals surface area contributed by atoms with Gasteiger partial charge in [0, 0.05) is 49.1 Å². The summed E-state index contributed by atoms with van der Waals surface area (Å²) in [6.45, 7) is 5.26. The van der Waals surface area contributed by atoms with Gasteiger partial charge in [0.15, 0.2) is 0 Å². The van der Waals surface area contributed by atoms with Crippen LogP contribution in [0, 0.1) is 13.8 Å². The number of ether oxygens (including phenoxy) is 3. The number of hydrogen-bond donors (Lipinski definition) is 1. The van der Waals surface area contributed by atoms with Crippen molar-refractivity contribution in [1.82, 2.24) is 14.9 Å². The summed E-state index contributed by atoms with van der Waals surface area (Å²) in [5, 5.41) is 2.96. The van der Waals surface area contributed by atoms with Crippen LogP contribution >= 0.6 is 0 Å². The summed E-state index contributed by atoms with van der Waals surface area (Å²) in [4.78, 5) is 17.0. The van der Waals surface area contributed by atoms with E-state index < -0.39 is 0 Å². The number of aryl methyl sites for hydroxylation is 1. The summed E-state index contributed by atoms with van der Waals surface area (Å²) in [6, 6.07) is 13.3. The second-order valence-electron chi connectivity index (χ2n) is 6.85. The lowest BCUT2D eigenvalue weighted by Crippen LogP contribution is -2.23. The fraction of sp³-hybridized carbons (Fsp3) is 0.304. The highest BCUT2D eigenvalue weighted by molar-refractivity contribution is 5.95. The van der Waals surface area contributed by atoms with Crippen LogP contribution in [0.15, 0.2) is 48.7 Å². The lowest BCUT2D eigenvalue weighted by molar-refractivity contribution is 0.0950. The van der Waals surface area contributed by atoms with E-state index in [0.29, 0.717) is 31.2 Å². The highest BCUT2D eigenvalue weighted by Gasteiger charge is 2.17. The lowest BCUT2D eigenvalue weighted by Gasteiger charge is -2.11. The van der Waals surface area contributed by atoms with Gasteiger partial charge in [-0.3, -0.25) is 4.79 Å². The van der Waals surface area contributed by atoms with Crippen LogP contribution in [0.4, 0.5) is 0 Å². The van der Waals surface area contributed by atoms with Crippen molar-refractivity contribution in [2.45, 2.75) is 20.4 Å². The third-order valence-corrected chi connectivity index (χ3v) is 4.78. The Balaban J connectivity index is 1.67. The standard InChI is InChI=1S/C23H27N3O4/c1-16-12-21(17(2)26(16)19-6-5-7-20(13-19)29-4)23(27)25-15-18-8-9-22(24-14-18)30-11-10-28-3/h5-9,12-14H,10-11,15H2,1-4H3,(H,25,27). The molecule has 0 fully saturated rings. The summed E-state index contributed by atoms with van der Waals surface area (Å²) in [5.41, 5.74) is 4.34. The maximum absolute atomic E-state index is 12.8. The molecule has 1 aromatic carbocycles. The van der Waals surface area contributed by atoms with Gasteiger partial charge in [0.2, 0.25) is 5.88 Å². The quantitative estimate of drug-likeness (QED) is 0.548. The van der Waals surface area contributed by atoms with Crippen LogP contribution < -0.4 is 14.8 Å². The maximum atomic E-state index is 12.8. The molecule has 0 bridgehead atoms. The molecule has 3 aromatic rings. The first-order valence-electron chi connectivity index (χ1n) is 9.71.